The number of hydrogen-bond donors (Lipinski definition) is 1. The van der Waals surface area contributed by atoms with E-state index >= 15 is 0 Å². The molecule has 0 spiro atoms. The zero-order valence-corrected chi connectivity index (χ0v) is 8.81. The molecule has 0 aromatic heterocycles. The van der Waals surface area contributed by atoms with Gasteiger partial charge in [0.15, 0.2) is 0 Å². The quantitative estimate of drug-likeness (QED) is 0.800. The summed E-state index contributed by atoms with van der Waals surface area (Å²) in [6, 6.07) is 2.49. The number of benzene rings is 1. The number of halogens is 4. The highest BCUT2D eigenvalue weighted by Gasteiger charge is 2.34. The summed E-state index contributed by atoms with van der Waals surface area (Å²) in [5.74, 6) is -0.848. The summed E-state index contributed by atoms with van der Waals surface area (Å²) >= 11 is 0. The Morgan fingerprint density at radius 3 is 2.44 bits per heavy atom. The second-order valence-electron chi connectivity index (χ2n) is 3.64. The lowest BCUT2D eigenvalue weighted by Crippen LogP contribution is -2.24. The van der Waals surface area contributed by atoms with E-state index in [9.17, 15) is 17.6 Å². The minimum absolute atomic E-state index is 0.0992. The number of alkyl halides is 3. The normalized spacial score (nSPS) is 13.9. The lowest BCUT2D eigenvalue weighted by atomic mass is 9.98. The van der Waals surface area contributed by atoms with Crippen LogP contribution in [0.15, 0.2) is 18.2 Å². The highest BCUT2D eigenvalue weighted by molar-refractivity contribution is 5.31. The molecule has 1 aromatic rings. The summed E-state index contributed by atoms with van der Waals surface area (Å²) in [5.41, 5.74) is 4.27. The Balaban J connectivity index is 3.14. The van der Waals surface area contributed by atoms with Crippen LogP contribution in [-0.4, -0.2) is 6.04 Å². The van der Waals surface area contributed by atoms with Gasteiger partial charge in [-0.2, -0.15) is 13.2 Å². The van der Waals surface area contributed by atoms with E-state index in [1.165, 1.54) is 0 Å². The first-order valence-electron chi connectivity index (χ1n) is 4.96. The predicted molar refractivity (Wildman–Crippen MR) is 53.4 cm³/mol. The van der Waals surface area contributed by atoms with E-state index in [0.29, 0.717) is 6.42 Å². The lowest BCUT2D eigenvalue weighted by Gasteiger charge is -2.16. The molecule has 0 aliphatic carbocycles. The Morgan fingerprint density at radius 1 is 1.31 bits per heavy atom. The molecule has 1 atom stereocenters. The molecule has 0 saturated carbocycles. The zero-order chi connectivity index (χ0) is 12.3. The molecule has 5 heteroatoms. The molecule has 1 unspecified atom stereocenters. The lowest BCUT2D eigenvalue weighted by molar-refractivity contribution is -0.138. The van der Waals surface area contributed by atoms with Gasteiger partial charge in [0.1, 0.15) is 5.82 Å². The molecule has 90 valence electrons. The fourth-order valence-corrected chi connectivity index (χ4v) is 1.44. The molecular formula is C11H13F4N. The number of nitrogens with two attached hydrogens (primary N) is 1. The van der Waals surface area contributed by atoms with Crippen molar-refractivity contribution >= 4 is 0 Å². The van der Waals surface area contributed by atoms with Crippen molar-refractivity contribution in [3.63, 3.8) is 0 Å². The third-order valence-electron chi connectivity index (χ3n) is 2.41. The van der Waals surface area contributed by atoms with Gasteiger partial charge in [0, 0.05) is 11.6 Å². The van der Waals surface area contributed by atoms with Gasteiger partial charge in [-0.05, 0) is 25.0 Å². The van der Waals surface area contributed by atoms with E-state index in [2.05, 4.69) is 0 Å². The fraction of sp³-hybridized carbons (Fsp3) is 0.455. The Hall–Kier alpha value is -1.10. The minimum Gasteiger partial charge on any atom is -0.327 e. The molecule has 0 amide bonds. The molecule has 1 aromatic carbocycles. The van der Waals surface area contributed by atoms with Gasteiger partial charge in [0.25, 0.3) is 0 Å². The summed E-state index contributed by atoms with van der Waals surface area (Å²) < 4.78 is 51.0. The first-order valence-corrected chi connectivity index (χ1v) is 4.96. The van der Waals surface area contributed by atoms with Crippen LogP contribution < -0.4 is 5.73 Å². The summed E-state index contributed by atoms with van der Waals surface area (Å²) in [5, 5.41) is 0. The van der Waals surface area contributed by atoms with Crippen molar-refractivity contribution < 1.29 is 17.6 Å². The van der Waals surface area contributed by atoms with Crippen molar-refractivity contribution in [1.82, 2.24) is 0 Å². The van der Waals surface area contributed by atoms with E-state index in [1.807, 2.05) is 0 Å². The number of hydrogen-bond acceptors (Lipinski definition) is 1. The van der Waals surface area contributed by atoms with Crippen molar-refractivity contribution in [3.8, 4) is 0 Å². The van der Waals surface area contributed by atoms with Crippen molar-refractivity contribution in [2.24, 2.45) is 5.73 Å². The Kier molecular flexibility index (Phi) is 3.91. The smallest absolute Gasteiger partial charge is 0.327 e. The predicted octanol–water partition coefficient (Wildman–Crippen LogP) is 3.12. The molecule has 0 radical (unpaired) electrons. The summed E-state index contributed by atoms with van der Waals surface area (Å²) in [6.45, 7) is 1.75. The average Bonchev–Trinajstić information content (AvgIpc) is 2.19. The van der Waals surface area contributed by atoms with Crippen LogP contribution in [0.5, 0.6) is 0 Å². The molecule has 0 bridgehead atoms. The second-order valence-corrected chi connectivity index (χ2v) is 3.64. The molecule has 0 heterocycles. The maximum atomic E-state index is 13.3. The maximum Gasteiger partial charge on any atom is 0.416 e. The van der Waals surface area contributed by atoms with Crippen LogP contribution in [-0.2, 0) is 12.6 Å². The van der Waals surface area contributed by atoms with Gasteiger partial charge >= 0.3 is 6.18 Å². The van der Waals surface area contributed by atoms with Gasteiger partial charge in [-0.1, -0.05) is 13.0 Å². The third-order valence-corrected chi connectivity index (χ3v) is 2.41. The summed E-state index contributed by atoms with van der Waals surface area (Å²) in [7, 11) is 0. The van der Waals surface area contributed by atoms with Crippen molar-refractivity contribution in [2.45, 2.75) is 32.0 Å². The maximum absolute atomic E-state index is 13.3. The molecule has 16 heavy (non-hydrogen) atoms. The highest BCUT2D eigenvalue weighted by atomic mass is 19.4. The van der Waals surface area contributed by atoms with Crippen LogP contribution in [0.25, 0.3) is 0 Å². The fourth-order valence-electron chi connectivity index (χ4n) is 1.44. The van der Waals surface area contributed by atoms with E-state index in [0.717, 1.165) is 18.2 Å². The Bertz CT molecular complexity index is 359. The monoisotopic (exact) mass is 235 g/mol. The zero-order valence-electron chi connectivity index (χ0n) is 8.81. The Labute approximate surface area is 91.3 Å². The molecule has 1 rings (SSSR count). The Morgan fingerprint density at radius 2 is 1.94 bits per heavy atom. The standard InChI is InChI=1S/C11H13F4N/c1-2-7(16)6-8-9(11(13,14)15)4-3-5-10(8)12/h3-5,7H,2,6,16H2,1H3. The molecule has 2 N–H and O–H groups in total. The minimum atomic E-state index is -4.54. The third kappa shape index (κ3) is 2.95. The first kappa shape index (κ1) is 13.0. The highest BCUT2D eigenvalue weighted by Crippen LogP contribution is 2.33. The van der Waals surface area contributed by atoms with Gasteiger partial charge < -0.3 is 5.73 Å². The van der Waals surface area contributed by atoms with Crippen LogP contribution in [0.1, 0.15) is 24.5 Å². The summed E-state index contributed by atoms with van der Waals surface area (Å²) in [4.78, 5) is 0. The van der Waals surface area contributed by atoms with Crippen molar-refractivity contribution in [2.75, 3.05) is 0 Å². The molecule has 0 saturated heterocycles. The van der Waals surface area contributed by atoms with Crippen LogP contribution >= 0.6 is 0 Å². The molecule has 0 fully saturated rings. The van der Waals surface area contributed by atoms with E-state index < -0.39 is 23.6 Å². The number of rotatable bonds is 3. The van der Waals surface area contributed by atoms with Crippen LogP contribution in [0.4, 0.5) is 17.6 Å². The first-order chi connectivity index (χ1) is 7.36. The van der Waals surface area contributed by atoms with Gasteiger partial charge in [-0.3, -0.25) is 0 Å². The van der Waals surface area contributed by atoms with Gasteiger partial charge in [-0.25, -0.2) is 4.39 Å². The van der Waals surface area contributed by atoms with E-state index in [1.54, 1.807) is 6.92 Å². The van der Waals surface area contributed by atoms with E-state index in [-0.39, 0.29) is 12.0 Å². The van der Waals surface area contributed by atoms with Crippen LogP contribution in [0.3, 0.4) is 0 Å². The van der Waals surface area contributed by atoms with Crippen molar-refractivity contribution in [1.29, 1.82) is 0 Å². The topological polar surface area (TPSA) is 26.0 Å². The second kappa shape index (κ2) is 4.82. The van der Waals surface area contributed by atoms with Crippen molar-refractivity contribution in [3.05, 3.63) is 35.1 Å². The van der Waals surface area contributed by atoms with Crippen LogP contribution in [0.2, 0.25) is 0 Å². The average molecular weight is 235 g/mol. The molecular weight excluding hydrogens is 222 g/mol. The SMILES string of the molecule is CCC(N)Cc1c(F)cccc1C(F)(F)F. The largest absolute Gasteiger partial charge is 0.416 e. The van der Waals surface area contributed by atoms with Crippen LogP contribution in [0, 0.1) is 5.82 Å². The van der Waals surface area contributed by atoms with Gasteiger partial charge in [0.2, 0.25) is 0 Å². The summed E-state index contributed by atoms with van der Waals surface area (Å²) in [6.07, 6.45) is -4.13. The van der Waals surface area contributed by atoms with Gasteiger partial charge in [-0.15, -0.1) is 0 Å². The van der Waals surface area contributed by atoms with E-state index in [4.69, 9.17) is 5.73 Å². The molecule has 0 aliphatic rings. The van der Waals surface area contributed by atoms with Gasteiger partial charge in [0.05, 0.1) is 5.56 Å². The molecule has 0 aliphatic heterocycles. The molecule has 1 nitrogen and oxygen atoms in total.